The zero-order valence-corrected chi connectivity index (χ0v) is 18.7. The van der Waals surface area contributed by atoms with E-state index in [4.69, 9.17) is 0 Å². The van der Waals surface area contributed by atoms with Crippen LogP contribution in [0.1, 0.15) is 33.4 Å². The van der Waals surface area contributed by atoms with E-state index in [1.807, 2.05) is 51.1 Å². The van der Waals surface area contributed by atoms with Gasteiger partial charge in [-0.25, -0.2) is 4.68 Å². The summed E-state index contributed by atoms with van der Waals surface area (Å²) in [4.78, 5) is 37.5. The molecule has 1 heterocycles. The fourth-order valence-electron chi connectivity index (χ4n) is 2.68. The quantitative estimate of drug-likeness (QED) is 0.690. The number of nitrogens with zero attached hydrogens (tertiary/aromatic N) is 2. The van der Waals surface area contributed by atoms with Gasteiger partial charge in [0.15, 0.2) is 0 Å². The van der Waals surface area contributed by atoms with Crippen molar-refractivity contribution in [1.82, 2.24) is 14.7 Å². The van der Waals surface area contributed by atoms with E-state index in [0.29, 0.717) is 11.6 Å². The van der Waals surface area contributed by atoms with E-state index in [-0.39, 0.29) is 34.9 Å². The molecule has 2 unspecified atom stereocenters. The molecule has 0 saturated carbocycles. The summed E-state index contributed by atoms with van der Waals surface area (Å²) < 4.78 is 3.23. The summed E-state index contributed by atoms with van der Waals surface area (Å²) in [6.45, 7) is 9.55. The van der Waals surface area contributed by atoms with E-state index in [9.17, 15) is 14.4 Å². The molecule has 0 aliphatic heterocycles. The first kappa shape index (κ1) is 22.8. The fourth-order valence-corrected chi connectivity index (χ4v) is 3.37. The average molecular weight is 419 g/mol. The zero-order chi connectivity index (χ0) is 21.7. The van der Waals surface area contributed by atoms with Crippen LogP contribution in [0.3, 0.4) is 0 Å². The first-order chi connectivity index (χ1) is 13.6. The van der Waals surface area contributed by atoms with Gasteiger partial charge >= 0.3 is 0 Å². The summed E-state index contributed by atoms with van der Waals surface area (Å²) in [7, 11) is 1.78. The second-order valence-corrected chi connectivity index (χ2v) is 8.81. The molecule has 0 aliphatic carbocycles. The third kappa shape index (κ3) is 5.53. The Hall–Kier alpha value is -2.48. The lowest BCUT2D eigenvalue weighted by molar-refractivity contribution is -0.119. The van der Waals surface area contributed by atoms with E-state index in [1.165, 1.54) is 16.4 Å². The van der Waals surface area contributed by atoms with Crippen LogP contribution in [0.2, 0.25) is 0 Å². The van der Waals surface area contributed by atoms with E-state index < -0.39 is 5.25 Å². The van der Waals surface area contributed by atoms with Gasteiger partial charge in [-0.1, -0.05) is 32.0 Å². The van der Waals surface area contributed by atoms with Crippen LogP contribution in [0.25, 0.3) is 5.69 Å². The molecule has 0 radical (unpaired) electrons. The lowest BCUT2D eigenvalue weighted by Crippen LogP contribution is -2.38. The summed E-state index contributed by atoms with van der Waals surface area (Å²) >= 11 is 1.24. The summed E-state index contributed by atoms with van der Waals surface area (Å²) in [5.74, 6) is 0.134. The number of para-hydroxylation sites is 1. The minimum Gasteiger partial charge on any atom is -0.353 e. The molecule has 2 atom stereocenters. The summed E-state index contributed by atoms with van der Waals surface area (Å²) in [5.41, 5.74) is 1.35. The molecule has 0 fully saturated rings. The minimum atomic E-state index is -0.473. The Bertz CT molecular complexity index is 918. The standard InChI is InChI=1S/C21H30N4O3S/c1-13(2)14(3)22-18(26)12-29-16(5)20(27)23-19-15(4)24(6)25(21(19)28)17-10-8-7-9-11-17/h7-11,13-14,16H,12H2,1-6H3,(H,22,26)(H,23,27). The van der Waals surface area contributed by atoms with Crippen LogP contribution in [0.15, 0.2) is 35.1 Å². The third-order valence-electron chi connectivity index (χ3n) is 5.02. The van der Waals surface area contributed by atoms with E-state index >= 15 is 0 Å². The lowest BCUT2D eigenvalue weighted by atomic mass is 10.1. The van der Waals surface area contributed by atoms with Crippen molar-refractivity contribution < 1.29 is 9.59 Å². The number of hydrogen-bond donors (Lipinski definition) is 2. The van der Waals surface area contributed by atoms with E-state index in [1.54, 1.807) is 25.6 Å². The van der Waals surface area contributed by atoms with Gasteiger partial charge in [0, 0.05) is 13.1 Å². The van der Waals surface area contributed by atoms with Crippen molar-refractivity contribution in [3.05, 3.63) is 46.4 Å². The molecule has 2 aromatic rings. The summed E-state index contributed by atoms with van der Waals surface area (Å²) in [6, 6.07) is 9.34. The predicted octanol–water partition coefficient (Wildman–Crippen LogP) is 2.71. The van der Waals surface area contributed by atoms with Gasteiger partial charge in [-0.05, 0) is 38.8 Å². The van der Waals surface area contributed by atoms with Crippen molar-refractivity contribution in [3.8, 4) is 5.69 Å². The molecule has 7 nitrogen and oxygen atoms in total. The molecule has 1 aromatic heterocycles. The van der Waals surface area contributed by atoms with Gasteiger partial charge in [0.2, 0.25) is 11.8 Å². The smallest absolute Gasteiger partial charge is 0.295 e. The summed E-state index contributed by atoms with van der Waals surface area (Å²) in [6.07, 6.45) is 0. The molecule has 2 N–H and O–H groups in total. The van der Waals surface area contributed by atoms with Crippen LogP contribution in [0, 0.1) is 12.8 Å². The Labute approximate surface area is 175 Å². The first-order valence-electron chi connectivity index (χ1n) is 9.69. The Morgan fingerprint density at radius 1 is 1.10 bits per heavy atom. The number of rotatable bonds is 8. The largest absolute Gasteiger partial charge is 0.353 e. The number of carbonyl (C=O) groups is 2. The number of nitrogens with one attached hydrogen (secondary N) is 2. The lowest BCUT2D eigenvalue weighted by Gasteiger charge is -2.18. The molecule has 0 saturated heterocycles. The average Bonchev–Trinajstić information content (AvgIpc) is 2.89. The molecular weight excluding hydrogens is 388 g/mol. The van der Waals surface area contributed by atoms with Crippen LogP contribution < -0.4 is 16.2 Å². The molecule has 29 heavy (non-hydrogen) atoms. The molecule has 0 aliphatic rings. The first-order valence-corrected chi connectivity index (χ1v) is 10.7. The minimum absolute atomic E-state index is 0.0793. The molecule has 0 spiro atoms. The maximum absolute atomic E-state index is 12.9. The highest BCUT2D eigenvalue weighted by Gasteiger charge is 2.22. The summed E-state index contributed by atoms with van der Waals surface area (Å²) in [5, 5.41) is 5.20. The number of hydrogen-bond acceptors (Lipinski definition) is 4. The number of amides is 2. The van der Waals surface area contributed by atoms with Crippen molar-refractivity contribution in [2.45, 2.75) is 45.9 Å². The Morgan fingerprint density at radius 2 is 1.72 bits per heavy atom. The number of anilines is 1. The highest BCUT2D eigenvalue weighted by atomic mass is 32.2. The number of aromatic nitrogens is 2. The van der Waals surface area contributed by atoms with E-state index in [2.05, 4.69) is 10.6 Å². The van der Waals surface area contributed by atoms with Crippen LogP contribution in [0.5, 0.6) is 0 Å². The van der Waals surface area contributed by atoms with Gasteiger partial charge in [-0.2, -0.15) is 0 Å². The van der Waals surface area contributed by atoms with Crippen LogP contribution in [-0.4, -0.2) is 38.2 Å². The normalized spacial score (nSPS) is 13.2. The van der Waals surface area contributed by atoms with Gasteiger partial charge in [-0.15, -0.1) is 11.8 Å². The van der Waals surface area contributed by atoms with Crippen LogP contribution >= 0.6 is 11.8 Å². The second kappa shape index (κ2) is 9.82. The van der Waals surface area contributed by atoms with Crippen molar-refractivity contribution >= 4 is 29.3 Å². The van der Waals surface area contributed by atoms with Gasteiger partial charge in [0.25, 0.3) is 5.56 Å². The Kier molecular flexibility index (Phi) is 7.73. The van der Waals surface area contributed by atoms with Crippen molar-refractivity contribution in [2.24, 2.45) is 13.0 Å². The molecular formula is C21H30N4O3S. The topological polar surface area (TPSA) is 85.1 Å². The van der Waals surface area contributed by atoms with Crippen molar-refractivity contribution in [3.63, 3.8) is 0 Å². The molecule has 158 valence electrons. The Morgan fingerprint density at radius 3 is 2.31 bits per heavy atom. The van der Waals surface area contributed by atoms with Gasteiger partial charge in [0.1, 0.15) is 5.69 Å². The predicted molar refractivity (Wildman–Crippen MR) is 119 cm³/mol. The van der Waals surface area contributed by atoms with Crippen LogP contribution in [-0.2, 0) is 16.6 Å². The molecule has 2 rings (SSSR count). The Balaban J connectivity index is 2.05. The number of carbonyl (C=O) groups excluding carboxylic acids is 2. The highest BCUT2D eigenvalue weighted by molar-refractivity contribution is 8.01. The molecule has 8 heteroatoms. The van der Waals surface area contributed by atoms with Crippen molar-refractivity contribution in [2.75, 3.05) is 11.1 Å². The maximum Gasteiger partial charge on any atom is 0.295 e. The number of benzene rings is 1. The van der Waals surface area contributed by atoms with Gasteiger partial charge in [-0.3, -0.25) is 19.1 Å². The third-order valence-corrected chi connectivity index (χ3v) is 6.17. The SMILES string of the molecule is Cc1c(NC(=O)C(C)SCC(=O)NC(C)C(C)C)c(=O)n(-c2ccccc2)n1C. The highest BCUT2D eigenvalue weighted by Crippen LogP contribution is 2.17. The van der Waals surface area contributed by atoms with Crippen molar-refractivity contribution in [1.29, 1.82) is 0 Å². The number of thioether (sulfide) groups is 1. The maximum atomic E-state index is 12.9. The molecule has 0 bridgehead atoms. The zero-order valence-electron chi connectivity index (χ0n) is 17.9. The molecule has 2 amide bonds. The van der Waals surface area contributed by atoms with Crippen LogP contribution in [0.4, 0.5) is 5.69 Å². The monoisotopic (exact) mass is 418 g/mol. The second-order valence-electron chi connectivity index (χ2n) is 7.48. The van der Waals surface area contributed by atoms with Gasteiger partial charge in [0.05, 0.1) is 22.4 Å². The molecule has 1 aromatic carbocycles. The van der Waals surface area contributed by atoms with E-state index in [0.717, 1.165) is 5.69 Å². The van der Waals surface area contributed by atoms with Gasteiger partial charge < -0.3 is 10.6 Å². The fraction of sp³-hybridized carbons (Fsp3) is 0.476.